The van der Waals surface area contributed by atoms with Gasteiger partial charge < -0.3 is 9.68 Å². The van der Waals surface area contributed by atoms with Crippen molar-refractivity contribution in [2.45, 2.75) is 27.7 Å². The molecule has 8 heteroatoms. The molecule has 0 saturated heterocycles. The van der Waals surface area contributed by atoms with Gasteiger partial charge in [0, 0.05) is 11.4 Å². The first-order chi connectivity index (χ1) is 17.4. The lowest BCUT2D eigenvalue weighted by Crippen LogP contribution is -2.00. The number of pyridine rings is 3. The van der Waals surface area contributed by atoms with Crippen LogP contribution < -0.4 is 0 Å². The molecule has 0 N–H and O–H groups in total. The van der Waals surface area contributed by atoms with Crippen LogP contribution in [-0.2, 0) is 9.68 Å². The molecule has 0 aliphatic carbocycles. The van der Waals surface area contributed by atoms with Crippen LogP contribution in [0.3, 0.4) is 0 Å². The molecule has 0 aliphatic heterocycles. The third kappa shape index (κ3) is 9.87. The lowest BCUT2D eigenvalue weighted by Gasteiger charge is -2.00. The van der Waals surface area contributed by atoms with Crippen molar-refractivity contribution in [2.24, 2.45) is 10.3 Å². The van der Waals surface area contributed by atoms with Gasteiger partial charge in [-0.3, -0.25) is 9.97 Å². The number of hydrogen-bond donors (Lipinski definition) is 0. The quantitative estimate of drug-likeness (QED) is 0.227. The highest BCUT2D eigenvalue weighted by atomic mass is 16.6. The van der Waals surface area contributed by atoms with Crippen LogP contribution in [0.1, 0.15) is 48.0 Å². The van der Waals surface area contributed by atoms with Crippen LogP contribution >= 0.6 is 0 Å². The van der Waals surface area contributed by atoms with Crippen molar-refractivity contribution in [1.29, 1.82) is 5.26 Å². The molecule has 0 fully saturated rings. The lowest BCUT2D eigenvalue weighted by molar-refractivity contribution is 0.179. The molecule has 3 rings (SSSR count). The number of hydrogen-bond acceptors (Lipinski definition) is 8. The summed E-state index contributed by atoms with van der Waals surface area (Å²) in [6, 6.07) is 18.5. The number of aryl methyl sites for hydroxylation is 2. The Hall–Kier alpha value is -5.00. The molecule has 36 heavy (non-hydrogen) atoms. The predicted molar refractivity (Wildman–Crippen MR) is 139 cm³/mol. The van der Waals surface area contributed by atoms with Crippen molar-refractivity contribution in [2.75, 3.05) is 13.2 Å². The lowest BCUT2D eigenvalue weighted by atomic mass is 10.2. The normalized spacial score (nSPS) is 10.5. The monoisotopic (exact) mass is 478 g/mol. The van der Waals surface area contributed by atoms with E-state index >= 15 is 0 Å². The van der Waals surface area contributed by atoms with Gasteiger partial charge in [0.05, 0.1) is 11.4 Å². The van der Waals surface area contributed by atoms with Gasteiger partial charge in [-0.1, -0.05) is 40.4 Å². The number of terminal acetylenes is 1. The average Bonchev–Trinajstić information content (AvgIpc) is 2.89. The first-order valence-corrected chi connectivity index (χ1v) is 10.9. The predicted octanol–water partition coefficient (Wildman–Crippen LogP) is 4.21. The van der Waals surface area contributed by atoms with E-state index in [0.29, 0.717) is 17.1 Å². The molecule has 0 spiro atoms. The number of rotatable bonds is 6. The fourth-order valence-electron chi connectivity index (χ4n) is 2.60. The van der Waals surface area contributed by atoms with E-state index in [1.807, 2.05) is 70.2 Å². The van der Waals surface area contributed by atoms with Crippen LogP contribution in [0.5, 0.6) is 0 Å². The maximum atomic E-state index is 8.75. The molecule has 3 aromatic rings. The SMILES string of the molecule is C#CCO/N=C(\C)c1cccc(C)n1.C/C(=N\OCC#Cc1cccc(C#N)n1)c1cccc(C)n1. The first-order valence-electron chi connectivity index (χ1n) is 10.9. The van der Waals surface area contributed by atoms with Crippen molar-refractivity contribution >= 4 is 11.4 Å². The van der Waals surface area contributed by atoms with Crippen molar-refractivity contribution in [3.8, 4) is 30.3 Å². The molecular weight excluding hydrogens is 452 g/mol. The Kier molecular flexibility index (Phi) is 11.4. The summed E-state index contributed by atoms with van der Waals surface area (Å²) in [6.07, 6.45) is 5.02. The summed E-state index contributed by atoms with van der Waals surface area (Å²) in [6.45, 7) is 7.83. The van der Waals surface area contributed by atoms with Crippen LogP contribution in [0.15, 0.2) is 64.9 Å². The van der Waals surface area contributed by atoms with Gasteiger partial charge in [-0.15, -0.1) is 6.42 Å². The molecule has 3 heterocycles. The first kappa shape index (κ1) is 27.2. The molecule has 0 saturated carbocycles. The fourth-order valence-corrected chi connectivity index (χ4v) is 2.60. The fraction of sp³-hybridized carbons (Fsp3) is 0.214. The summed E-state index contributed by atoms with van der Waals surface area (Å²) in [5.41, 5.74) is 5.75. The van der Waals surface area contributed by atoms with Gasteiger partial charge in [0.2, 0.25) is 0 Å². The standard InChI is InChI=1S/C17H14N4O.C11H12N2O/c1-13-6-3-10-17(19-13)14(2)21-22-11-5-9-15-7-4-8-16(12-18)20-15;1-4-8-14-13-10(3)11-7-5-6-9(2)12-11/h3-4,6-8,10H,11H2,1-2H3;1,5-7H,8H2,2-3H3/b21-14+;13-10+. The van der Waals surface area contributed by atoms with E-state index < -0.39 is 0 Å². The van der Waals surface area contributed by atoms with E-state index in [1.165, 1.54) is 0 Å². The zero-order valence-corrected chi connectivity index (χ0v) is 20.7. The van der Waals surface area contributed by atoms with E-state index in [9.17, 15) is 0 Å². The summed E-state index contributed by atoms with van der Waals surface area (Å²) in [4.78, 5) is 22.7. The van der Waals surface area contributed by atoms with E-state index in [4.69, 9.17) is 21.4 Å². The Labute approximate surface area is 211 Å². The molecule has 0 unspecified atom stereocenters. The van der Waals surface area contributed by atoms with Crippen LogP contribution in [0, 0.1) is 49.4 Å². The summed E-state index contributed by atoms with van der Waals surface area (Å²) < 4.78 is 0. The number of oxime groups is 2. The summed E-state index contributed by atoms with van der Waals surface area (Å²) in [5, 5.41) is 16.6. The molecule has 0 atom stereocenters. The van der Waals surface area contributed by atoms with Crippen LogP contribution in [0.2, 0.25) is 0 Å². The third-order valence-electron chi connectivity index (χ3n) is 4.29. The minimum absolute atomic E-state index is 0.140. The molecule has 8 nitrogen and oxygen atoms in total. The van der Waals surface area contributed by atoms with E-state index in [0.717, 1.165) is 28.5 Å². The molecule has 0 bridgehead atoms. The number of nitrogens with zero attached hydrogens (tertiary/aromatic N) is 6. The highest BCUT2D eigenvalue weighted by Gasteiger charge is 2.00. The summed E-state index contributed by atoms with van der Waals surface area (Å²) >= 11 is 0. The average molecular weight is 479 g/mol. The molecule has 0 amide bonds. The van der Waals surface area contributed by atoms with Crippen LogP contribution in [-0.4, -0.2) is 39.6 Å². The van der Waals surface area contributed by atoms with E-state index in [1.54, 1.807) is 18.2 Å². The summed E-state index contributed by atoms with van der Waals surface area (Å²) in [7, 11) is 0. The van der Waals surface area contributed by atoms with Crippen LogP contribution in [0.4, 0.5) is 0 Å². The molecule has 0 radical (unpaired) electrons. The van der Waals surface area contributed by atoms with Gasteiger partial charge in [-0.2, -0.15) is 5.26 Å². The molecule has 0 aromatic carbocycles. The van der Waals surface area contributed by atoms with Gasteiger partial charge in [0.15, 0.2) is 13.2 Å². The second-order valence-electron chi connectivity index (χ2n) is 7.25. The molecule has 180 valence electrons. The van der Waals surface area contributed by atoms with Crippen molar-refractivity contribution in [3.63, 3.8) is 0 Å². The Morgan fingerprint density at radius 3 is 1.86 bits per heavy atom. The maximum Gasteiger partial charge on any atom is 0.177 e. The number of aromatic nitrogens is 3. The molecule has 3 aromatic heterocycles. The molecule has 0 aliphatic rings. The highest BCUT2D eigenvalue weighted by molar-refractivity contribution is 5.96. The Bertz CT molecular complexity index is 1370. The van der Waals surface area contributed by atoms with Crippen molar-refractivity contribution < 1.29 is 9.68 Å². The Morgan fingerprint density at radius 1 is 0.806 bits per heavy atom. The minimum Gasteiger partial charge on any atom is -0.382 e. The van der Waals surface area contributed by atoms with Gasteiger partial charge in [-0.05, 0) is 70.0 Å². The Balaban J connectivity index is 0.000000281. The van der Waals surface area contributed by atoms with Crippen LogP contribution in [0.25, 0.3) is 0 Å². The van der Waals surface area contributed by atoms with Crippen molar-refractivity contribution in [1.82, 2.24) is 15.0 Å². The molecular formula is C28H26N6O2. The maximum absolute atomic E-state index is 8.75. The second-order valence-corrected chi connectivity index (χ2v) is 7.25. The third-order valence-corrected chi connectivity index (χ3v) is 4.29. The van der Waals surface area contributed by atoms with Gasteiger partial charge in [0.25, 0.3) is 0 Å². The minimum atomic E-state index is 0.140. The Morgan fingerprint density at radius 2 is 1.33 bits per heavy atom. The second kappa shape index (κ2) is 15.0. The summed E-state index contributed by atoms with van der Waals surface area (Å²) in [5.74, 6) is 7.96. The topological polar surface area (TPSA) is 106 Å². The largest absolute Gasteiger partial charge is 0.382 e. The number of nitriles is 1. The van der Waals surface area contributed by atoms with Crippen molar-refractivity contribution in [3.05, 3.63) is 88.8 Å². The zero-order chi connectivity index (χ0) is 26.2. The smallest absolute Gasteiger partial charge is 0.177 e. The van der Waals surface area contributed by atoms with Gasteiger partial charge >= 0.3 is 0 Å². The highest BCUT2D eigenvalue weighted by Crippen LogP contribution is 2.01. The van der Waals surface area contributed by atoms with E-state index in [2.05, 4.69) is 43.0 Å². The zero-order valence-electron chi connectivity index (χ0n) is 20.7. The van der Waals surface area contributed by atoms with Gasteiger partial charge in [0.1, 0.15) is 28.9 Å². The van der Waals surface area contributed by atoms with Gasteiger partial charge in [-0.25, -0.2) is 4.98 Å². The van der Waals surface area contributed by atoms with E-state index in [-0.39, 0.29) is 13.2 Å².